The maximum atomic E-state index is 11.9. The molecular weight excluding hydrogens is 168 g/mol. The van der Waals surface area contributed by atoms with Gasteiger partial charge in [0.25, 0.3) is 0 Å². The summed E-state index contributed by atoms with van der Waals surface area (Å²) >= 11 is 0. The Morgan fingerprint density at radius 3 is 1.00 bits per heavy atom. The van der Waals surface area contributed by atoms with Crippen molar-refractivity contribution in [1.82, 2.24) is 0 Å². The highest BCUT2D eigenvalue weighted by molar-refractivity contribution is 4.83. The van der Waals surface area contributed by atoms with Crippen molar-refractivity contribution < 1.29 is 27.8 Å². The van der Waals surface area contributed by atoms with E-state index in [1.807, 2.05) is 0 Å². The van der Waals surface area contributed by atoms with Gasteiger partial charge in [-0.25, -0.2) is 0 Å². The van der Waals surface area contributed by atoms with Crippen LogP contribution in [0.25, 0.3) is 0 Å². The van der Waals surface area contributed by atoms with E-state index in [2.05, 4.69) is 0 Å². The SMILES string of the molecule is CC(C)(C(O)(F)F)C(O)(F)F. The average Bonchev–Trinajstić information content (AvgIpc) is 1.58. The quantitative estimate of drug-likeness (QED) is 0.620. The van der Waals surface area contributed by atoms with Crippen molar-refractivity contribution in [3.05, 3.63) is 0 Å². The van der Waals surface area contributed by atoms with Crippen molar-refractivity contribution in [1.29, 1.82) is 0 Å². The van der Waals surface area contributed by atoms with E-state index >= 15 is 0 Å². The maximum absolute atomic E-state index is 11.9. The van der Waals surface area contributed by atoms with Crippen molar-refractivity contribution in [3.8, 4) is 0 Å². The van der Waals surface area contributed by atoms with Gasteiger partial charge in [0, 0.05) is 0 Å². The Hall–Kier alpha value is -0.360. The van der Waals surface area contributed by atoms with Gasteiger partial charge in [-0.15, -0.1) is 0 Å². The molecule has 0 aliphatic rings. The van der Waals surface area contributed by atoms with Gasteiger partial charge in [-0.05, 0) is 13.8 Å². The maximum Gasteiger partial charge on any atom is 0.366 e. The molecule has 0 saturated heterocycles. The zero-order chi connectivity index (χ0) is 9.50. The lowest BCUT2D eigenvalue weighted by Gasteiger charge is -2.32. The summed E-state index contributed by atoms with van der Waals surface area (Å²) in [6, 6.07) is 0. The van der Waals surface area contributed by atoms with Crippen molar-refractivity contribution in [3.63, 3.8) is 0 Å². The van der Waals surface area contributed by atoms with E-state index in [1.54, 1.807) is 0 Å². The van der Waals surface area contributed by atoms with Crippen LogP contribution in [0.3, 0.4) is 0 Å². The smallest absolute Gasteiger partial charge is 0.336 e. The Morgan fingerprint density at radius 2 is 1.00 bits per heavy atom. The molecular formula is C5H8F4O2. The lowest BCUT2D eigenvalue weighted by Crippen LogP contribution is -2.49. The van der Waals surface area contributed by atoms with E-state index in [-0.39, 0.29) is 0 Å². The van der Waals surface area contributed by atoms with E-state index in [0.717, 1.165) is 0 Å². The number of halogens is 4. The molecule has 2 nitrogen and oxygen atoms in total. The predicted molar refractivity (Wildman–Crippen MR) is 28.1 cm³/mol. The summed E-state index contributed by atoms with van der Waals surface area (Å²) in [6.45, 7) is 0.708. The second-order valence-corrected chi connectivity index (χ2v) is 2.71. The average molecular weight is 176 g/mol. The van der Waals surface area contributed by atoms with Gasteiger partial charge in [0.15, 0.2) is 0 Å². The van der Waals surface area contributed by atoms with Crippen molar-refractivity contribution >= 4 is 0 Å². The first-order valence-electron chi connectivity index (χ1n) is 2.70. The van der Waals surface area contributed by atoms with Gasteiger partial charge >= 0.3 is 12.2 Å². The molecule has 2 N–H and O–H groups in total. The van der Waals surface area contributed by atoms with Gasteiger partial charge in [0.1, 0.15) is 5.41 Å². The summed E-state index contributed by atoms with van der Waals surface area (Å²) in [5.41, 5.74) is -3.18. The first-order chi connectivity index (χ1) is 4.50. The van der Waals surface area contributed by atoms with Crippen LogP contribution in [0.15, 0.2) is 0 Å². The molecule has 0 aliphatic carbocycles. The Morgan fingerprint density at radius 1 is 0.818 bits per heavy atom. The van der Waals surface area contributed by atoms with Crippen LogP contribution >= 0.6 is 0 Å². The molecule has 6 heteroatoms. The number of hydrogen-bond donors (Lipinski definition) is 2. The highest BCUT2D eigenvalue weighted by Gasteiger charge is 2.61. The summed E-state index contributed by atoms with van der Waals surface area (Å²) < 4.78 is 47.6. The van der Waals surface area contributed by atoms with Gasteiger partial charge in [-0.1, -0.05) is 0 Å². The lowest BCUT2D eigenvalue weighted by molar-refractivity contribution is -0.380. The molecule has 0 aliphatic heterocycles. The molecule has 0 fully saturated rings. The largest absolute Gasteiger partial charge is 0.366 e. The molecule has 0 atom stereocenters. The van der Waals surface area contributed by atoms with Crippen LogP contribution in [0.5, 0.6) is 0 Å². The molecule has 0 spiro atoms. The zero-order valence-electron chi connectivity index (χ0n) is 5.91. The standard InChI is InChI=1S/C5H8F4O2/c1-3(2,4(6,7)10)5(8,9)11/h10-11H,1-2H3. The van der Waals surface area contributed by atoms with Crippen LogP contribution < -0.4 is 0 Å². The highest BCUT2D eigenvalue weighted by atomic mass is 19.3. The monoisotopic (exact) mass is 176 g/mol. The zero-order valence-corrected chi connectivity index (χ0v) is 5.91. The number of hydrogen-bond acceptors (Lipinski definition) is 2. The topological polar surface area (TPSA) is 40.5 Å². The molecule has 0 radical (unpaired) electrons. The second kappa shape index (κ2) is 2.31. The summed E-state index contributed by atoms with van der Waals surface area (Å²) in [5.74, 6) is 0. The minimum absolute atomic E-state index is 0.354. The minimum Gasteiger partial charge on any atom is -0.336 e. The third-order valence-corrected chi connectivity index (χ3v) is 1.50. The molecule has 68 valence electrons. The molecule has 0 heterocycles. The normalized spacial score (nSPS) is 15.3. The summed E-state index contributed by atoms with van der Waals surface area (Å²) in [4.78, 5) is 0. The number of rotatable bonds is 2. The predicted octanol–water partition coefficient (Wildman–Crippen LogP) is 1.18. The summed E-state index contributed by atoms with van der Waals surface area (Å²) in [6.07, 6.45) is -9.24. The van der Waals surface area contributed by atoms with Crippen LogP contribution in [0, 0.1) is 5.41 Å². The highest BCUT2D eigenvalue weighted by Crippen LogP contribution is 2.44. The van der Waals surface area contributed by atoms with E-state index < -0.39 is 17.6 Å². The molecule has 0 unspecified atom stereocenters. The first-order valence-corrected chi connectivity index (χ1v) is 2.70. The Balaban J connectivity index is 4.75. The van der Waals surface area contributed by atoms with E-state index in [4.69, 9.17) is 10.2 Å². The van der Waals surface area contributed by atoms with Gasteiger partial charge in [0.05, 0.1) is 0 Å². The molecule has 0 bridgehead atoms. The van der Waals surface area contributed by atoms with E-state index in [1.165, 1.54) is 0 Å². The second-order valence-electron chi connectivity index (χ2n) is 2.71. The van der Waals surface area contributed by atoms with Crippen LogP contribution in [0.2, 0.25) is 0 Å². The van der Waals surface area contributed by atoms with Crippen LogP contribution in [-0.4, -0.2) is 22.4 Å². The number of alkyl halides is 4. The summed E-state index contributed by atoms with van der Waals surface area (Å²) in [5, 5.41) is 15.8. The van der Waals surface area contributed by atoms with Crippen LogP contribution in [0.1, 0.15) is 13.8 Å². The molecule has 0 aromatic rings. The van der Waals surface area contributed by atoms with E-state index in [0.29, 0.717) is 13.8 Å². The molecule has 0 aromatic heterocycles. The van der Waals surface area contributed by atoms with Crippen LogP contribution in [0.4, 0.5) is 17.6 Å². The van der Waals surface area contributed by atoms with Gasteiger partial charge in [-0.2, -0.15) is 17.6 Å². The molecule has 0 saturated carbocycles. The van der Waals surface area contributed by atoms with Crippen LogP contribution in [-0.2, 0) is 0 Å². The fourth-order valence-electron chi connectivity index (χ4n) is 0.181. The Kier molecular flexibility index (Phi) is 2.24. The minimum atomic E-state index is -4.62. The summed E-state index contributed by atoms with van der Waals surface area (Å²) in [7, 11) is 0. The fraction of sp³-hybridized carbons (Fsp3) is 1.00. The van der Waals surface area contributed by atoms with Crippen molar-refractivity contribution in [2.75, 3.05) is 0 Å². The first kappa shape index (κ1) is 10.6. The number of aliphatic hydroxyl groups is 2. The Labute approximate surface area is 60.4 Å². The fourth-order valence-corrected chi connectivity index (χ4v) is 0.181. The molecule has 0 rings (SSSR count). The molecule has 0 aromatic carbocycles. The van der Waals surface area contributed by atoms with Crippen molar-refractivity contribution in [2.45, 2.75) is 26.1 Å². The van der Waals surface area contributed by atoms with E-state index in [9.17, 15) is 17.6 Å². The third kappa shape index (κ3) is 1.81. The molecule has 11 heavy (non-hydrogen) atoms. The lowest BCUT2D eigenvalue weighted by atomic mass is 9.90. The van der Waals surface area contributed by atoms with Crippen molar-refractivity contribution in [2.24, 2.45) is 5.41 Å². The third-order valence-electron chi connectivity index (χ3n) is 1.50. The molecule has 0 amide bonds. The van der Waals surface area contributed by atoms with Gasteiger partial charge in [-0.3, -0.25) is 0 Å². The Bertz CT molecular complexity index is 128. The van der Waals surface area contributed by atoms with Gasteiger partial charge < -0.3 is 10.2 Å². The van der Waals surface area contributed by atoms with Gasteiger partial charge in [0.2, 0.25) is 0 Å².